The highest BCUT2D eigenvalue weighted by molar-refractivity contribution is 7.85. The molecule has 1 rings (SSSR count). The van der Waals surface area contributed by atoms with Crippen molar-refractivity contribution in [2.24, 2.45) is 0 Å². The molecule has 0 unspecified atom stereocenters. The van der Waals surface area contributed by atoms with Crippen LogP contribution in [0.3, 0.4) is 0 Å². The van der Waals surface area contributed by atoms with Crippen LogP contribution in [0.5, 0.6) is 0 Å². The highest BCUT2D eigenvalue weighted by atomic mass is 32.2. The second-order valence-corrected chi connectivity index (χ2v) is 10.9. The number of hydrogen-bond acceptors (Lipinski definition) is 6. The Labute approximate surface area is 190 Å². The molecule has 1 aliphatic rings. The summed E-state index contributed by atoms with van der Waals surface area (Å²) >= 11 is 0. The van der Waals surface area contributed by atoms with Crippen LogP contribution in [0, 0.1) is 0 Å². The van der Waals surface area contributed by atoms with Gasteiger partial charge in [0.25, 0.3) is 0 Å². The van der Waals surface area contributed by atoms with Gasteiger partial charge in [-0.15, -0.1) is 0 Å². The summed E-state index contributed by atoms with van der Waals surface area (Å²) in [6.45, 7) is 11.8. The molecular weight excluding hydrogens is 416 g/mol. The standard InChI is InChI=1S/C23H44N2O5S/c1-22(2)23(26)30-20-12-10-8-6-4-5-7-9-11-14-24-15-18-25(3,19-16-24)17-13-21-31(27,28)29/h1,4-21H2,2-3H3. The number of rotatable bonds is 17. The molecule has 182 valence electrons. The van der Waals surface area contributed by atoms with Crippen molar-refractivity contribution >= 4 is 16.1 Å². The number of hydrogen-bond donors (Lipinski definition) is 0. The third-order valence-electron chi connectivity index (χ3n) is 6.20. The van der Waals surface area contributed by atoms with Crippen molar-refractivity contribution in [1.82, 2.24) is 4.90 Å². The highest BCUT2D eigenvalue weighted by Gasteiger charge is 2.27. The Hall–Kier alpha value is -0.960. The number of quaternary nitrogens is 1. The molecule has 8 heteroatoms. The normalized spacial score (nSPS) is 16.9. The second kappa shape index (κ2) is 15.0. The summed E-state index contributed by atoms with van der Waals surface area (Å²) in [6, 6.07) is 0. The minimum atomic E-state index is -4.09. The number of carbonyl (C=O) groups is 1. The summed E-state index contributed by atoms with van der Waals surface area (Å²) in [5, 5.41) is 0. The van der Waals surface area contributed by atoms with E-state index in [4.69, 9.17) is 4.74 Å². The van der Waals surface area contributed by atoms with Gasteiger partial charge in [-0.05, 0) is 26.3 Å². The van der Waals surface area contributed by atoms with E-state index < -0.39 is 10.1 Å². The lowest BCUT2D eigenvalue weighted by molar-refractivity contribution is -0.913. The molecule has 1 aliphatic heterocycles. The maximum atomic E-state index is 11.2. The van der Waals surface area contributed by atoms with Crippen LogP contribution in [-0.2, 0) is 19.6 Å². The monoisotopic (exact) mass is 460 g/mol. The Morgan fingerprint density at radius 2 is 1.48 bits per heavy atom. The highest BCUT2D eigenvalue weighted by Crippen LogP contribution is 2.14. The van der Waals surface area contributed by atoms with E-state index in [9.17, 15) is 17.8 Å². The Morgan fingerprint density at radius 3 is 2.00 bits per heavy atom. The molecule has 0 aromatic heterocycles. The molecule has 0 aromatic carbocycles. The topological polar surface area (TPSA) is 86.7 Å². The number of likely N-dealkylation sites (N-methyl/N-ethyl adjacent to an activating group) is 1. The Kier molecular flexibility index (Phi) is 13.6. The minimum absolute atomic E-state index is 0.241. The van der Waals surface area contributed by atoms with Crippen molar-refractivity contribution in [2.45, 2.75) is 71.1 Å². The maximum absolute atomic E-state index is 11.2. The van der Waals surface area contributed by atoms with E-state index >= 15 is 0 Å². The van der Waals surface area contributed by atoms with Crippen LogP contribution >= 0.6 is 0 Å². The predicted molar refractivity (Wildman–Crippen MR) is 124 cm³/mol. The third-order valence-corrected chi connectivity index (χ3v) is 6.99. The molecule has 1 fully saturated rings. The van der Waals surface area contributed by atoms with Crippen molar-refractivity contribution < 1.29 is 27.0 Å². The SMILES string of the molecule is C=C(C)C(=O)OCCCCCCCCCCCN1CC[N+](C)(CCCS(=O)(=O)[O-])CC1. The Morgan fingerprint density at radius 1 is 0.968 bits per heavy atom. The average molecular weight is 461 g/mol. The molecule has 0 amide bonds. The molecule has 31 heavy (non-hydrogen) atoms. The first-order valence-electron chi connectivity index (χ1n) is 11.9. The first kappa shape index (κ1) is 28.1. The van der Waals surface area contributed by atoms with Gasteiger partial charge in [-0.2, -0.15) is 0 Å². The van der Waals surface area contributed by atoms with Crippen LogP contribution in [-0.4, -0.2) is 87.0 Å². The zero-order valence-electron chi connectivity index (χ0n) is 19.8. The molecule has 0 aliphatic carbocycles. The van der Waals surface area contributed by atoms with Gasteiger partial charge in [-0.1, -0.05) is 51.5 Å². The average Bonchev–Trinajstić information content (AvgIpc) is 2.69. The van der Waals surface area contributed by atoms with Crippen molar-refractivity contribution in [1.29, 1.82) is 0 Å². The molecule has 0 atom stereocenters. The molecule has 0 bridgehead atoms. The van der Waals surface area contributed by atoms with Gasteiger partial charge in [-0.3, -0.25) is 4.90 Å². The van der Waals surface area contributed by atoms with Crippen molar-refractivity contribution in [3.63, 3.8) is 0 Å². The maximum Gasteiger partial charge on any atom is 0.333 e. The number of ether oxygens (including phenoxy) is 1. The number of carbonyl (C=O) groups excluding carboxylic acids is 1. The van der Waals surface area contributed by atoms with Crippen LogP contribution < -0.4 is 0 Å². The van der Waals surface area contributed by atoms with Gasteiger partial charge >= 0.3 is 5.97 Å². The van der Waals surface area contributed by atoms with Crippen LogP contribution in [0.25, 0.3) is 0 Å². The minimum Gasteiger partial charge on any atom is -0.748 e. The molecule has 1 heterocycles. The van der Waals surface area contributed by atoms with Crippen molar-refractivity contribution in [3.8, 4) is 0 Å². The summed E-state index contributed by atoms with van der Waals surface area (Å²) in [7, 11) is -1.92. The fraction of sp³-hybridized carbons (Fsp3) is 0.870. The van der Waals surface area contributed by atoms with E-state index in [0.717, 1.165) is 56.6 Å². The fourth-order valence-corrected chi connectivity index (χ4v) is 4.51. The zero-order valence-corrected chi connectivity index (χ0v) is 20.6. The van der Waals surface area contributed by atoms with Gasteiger partial charge in [0.1, 0.15) is 0 Å². The van der Waals surface area contributed by atoms with Crippen LogP contribution in [0.4, 0.5) is 0 Å². The van der Waals surface area contributed by atoms with E-state index in [-0.39, 0.29) is 11.7 Å². The lowest BCUT2D eigenvalue weighted by atomic mass is 10.1. The summed E-state index contributed by atoms with van der Waals surface area (Å²) in [6.07, 6.45) is 11.4. The number of piperazine rings is 1. The van der Waals surface area contributed by atoms with Gasteiger partial charge in [0.15, 0.2) is 0 Å². The van der Waals surface area contributed by atoms with Gasteiger partial charge in [0.2, 0.25) is 0 Å². The smallest absolute Gasteiger partial charge is 0.333 e. The van der Waals surface area contributed by atoms with E-state index in [1.54, 1.807) is 6.92 Å². The lowest BCUT2D eigenvalue weighted by Gasteiger charge is -2.42. The van der Waals surface area contributed by atoms with Crippen molar-refractivity contribution in [2.75, 3.05) is 58.7 Å². The van der Waals surface area contributed by atoms with E-state index in [0.29, 0.717) is 18.6 Å². The predicted octanol–water partition coefficient (Wildman–Crippen LogP) is 3.31. The Balaban J connectivity index is 1.91. The Bertz CT molecular complexity index is 628. The van der Waals surface area contributed by atoms with Crippen molar-refractivity contribution in [3.05, 3.63) is 12.2 Å². The quantitative estimate of drug-likeness (QED) is 0.109. The summed E-state index contributed by atoms with van der Waals surface area (Å²) in [4.78, 5) is 13.8. The molecule has 0 radical (unpaired) electrons. The molecule has 0 saturated carbocycles. The molecule has 0 spiro atoms. The molecule has 7 nitrogen and oxygen atoms in total. The van der Waals surface area contributed by atoms with Crippen LogP contribution in [0.15, 0.2) is 12.2 Å². The van der Waals surface area contributed by atoms with Crippen LogP contribution in [0.2, 0.25) is 0 Å². The summed E-state index contributed by atoms with van der Waals surface area (Å²) in [5.74, 6) is -0.527. The summed E-state index contributed by atoms with van der Waals surface area (Å²) < 4.78 is 38.3. The number of esters is 1. The van der Waals surface area contributed by atoms with E-state index in [1.165, 1.54) is 44.9 Å². The second-order valence-electron chi connectivity index (χ2n) is 9.35. The number of nitrogens with zero attached hydrogens (tertiary/aromatic N) is 2. The third kappa shape index (κ3) is 14.7. The lowest BCUT2D eigenvalue weighted by Crippen LogP contribution is -2.57. The van der Waals surface area contributed by atoms with Gasteiger partial charge in [-0.25, -0.2) is 13.2 Å². The summed E-state index contributed by atoms with van der Waals surface area (Å²) in [5.41, 5.74) is 0.463. The van der Waals surface area contributed by atoms with E-state index in [2.05, 4.69) is 18.5 Å². The molecule has 0 N–H and O–H groups in total. The van der Waals surface area contributed by atoms with Gasteiger partial charge < -0.3 is 13.8 Å². The molecule has 1 saturated heterocycles. The molecule has 0 aromatic rings. The molecular formula is C23H44N2O5S. The first-order chi connectivity index (χ1) is 14.6. The van der Waals surface area contributed by atoms with Gasteiger partial charge in [0, 0.05) is 30.8 Å². The van der Waals surface area contributed by atoms with Gasteiger partial charge in [0.05, 0.1) is 43.4 Å². The zero-order chi connectivity index (χ0) is 23.2. The first-order valence-corrected chi connectivity index (χ1v) is 13.5. The van der Waals surface area contributed by atoms with Crippen LogP contribution in [0.1, 0.15) is 71.1 Å². The largest absolute Gasteiger partial charge is 0.748 e. The number of unbranched alkanes of at least 4 members (excludes halogenated alkanes) is 8. The fourth-order valence-electron chi connectivity index (χ4n) is 4.02. The van der Waals surface area contributed by atoms with E-state index in [1.807, 2.05) is 0 Å².